The summed E-state index contributed by atoms with van der Waals surface area (Å²) in [5.41, 5.74) is 5.83. The summed E-state index contributed by atoms with van der Waals surface area (Å²) in [6.45, 7) is 0. The zero-order valence-electron chi connectivity index (χ0n) is 17.9. The van der Waals surface area contributed by atoms with Gasteiger partial charge in [0.25, 0.3) is 0 Å². The number of anilines is 5. The van der Waals surface area contributed by atoms with Crippen molar-refractivity contribution in [2.45, 2.75) is 0 Å². The van der Waals surface area contributed by atoms with Crippen LogP contribution >= 0.6 is 0 Å². The molecule has 2 heterocycles. The Hall–Kier alpha value is -5.05. The van der Waals surface area contributed by atoms with Crippen molar-refractivity contribution < 1.29 is 4.92 Å². The standard InChI is InChI=1S/C25H19N7O2/c33-32(34)23-24(29-22-15-7-14-21-20(22)13-8-16-26-21)27-17-28-25(23)30-31(18-9-3-1-4-10-18)19-11-5-2-6-12-19/h1-17H,(H2,27,28,29,30). The van der Waals surface area contributed by atoms with Crippen molar-refractivity contribution in [1.82, 2.24) is 15.0 Å². The Kier molecular flexibility index (Phi) is 5.64. The second kappa shape index (κ2) is 9.21. The lowest BCUT2D eigenvalue weighted by Crippen LogP contribution is -2.26. The first-order valence-corrected chi connectivity index (χ1v) is 10.5. The summed E-state index contributed by atoms with van der Waals surface area (Å²) in [5, 5.41) is 17.8. The van der Waals surface area contributed by atoms with Gasteiger partial charge in [-0.2, -0.15) is 0 Å². The lowest BCUT2D eigenvalue weighted by Gasteiger charge is -2.26. The fraction of sp³-hybridized carbons (Fsp3) is 0. The minimum atomic E-state index is -0.498. The van der Waals surface area contributed by atoms with Gasteiger partial charge in [-0.3, -0.25) is 25.5 Å². The predicted molar refractivity (Wildman–Crippen MR) is 132 cm³/mol. The largest absolute Gasteiger partial charge is 0.355 e. The molecule has 0 saturated heterocycles. The maximum Gasteiger partial charge on any atom is 0.355 e. The molecule has 2 aromatic heterocycles. The van der Waals surface area contributed by atoms with Crippen LogP contribution in [0.3, 0.4) is 0 Å². The number of benzene rings is 3. The van der Waals surface area contributed by atoms with Crippen LogP contribution in [0.15, 0.2) is 104 Å². The van der Waals surface area contributed by atoms with Crippen LogP contribution in [0.2, 0.25) is 0 Å². The molecule has 34 heavy (non-hydrogen) atoms. The third-order valence-electron chi connectivity index (χ3n) is 5.15. The van der Waals surface area contributed by atoms with Gasteiger partial charge < -0.3 is 5.32 Å². The number of aromatic nitrogens is 3. The molecule has 0 amide bonds. The Labute approximate surface area is 194 Å². The van der Waals surface area contributed by atoms with Crippen molar-refractivity contribution >= 4 is 45.3 Å². The Morgan fingerprint density at radius 3 is 2.09 bits per heavy atom. The van der Waals surface area contributed by atoms with Gasteiger partial charge in [0.05, 0.1) is 21.8 Å². The fourth-order valence-corrected chi connectivity index (χ4v) is 3.60. The van der Waals surface area contributed by atoms with Crippen LogP contribution in [0.1, 0.15) is 0 Å². The van der Waals surface area contributed by atoms with Crippen LogP contribution in [-0.2, 0) is 0 Å². The maximum atomic E-state index is 12.2. The topological polar surface area (TPSA) is 109 Å². The minimum absolute atomic E-state index is 0.0496. The second-order valence-corrected chi connectivity index (χ2v) is 7.30. The molecule has 0 fully saturated rings. The molecule has 3 aromatic carbocycles. The summed E-state index contributed by atoms with van der Waals surface area (Å²) in [4.78, 5) is 24.4. The van der Waals surface area contributed by atoms with E-state index in [0.29, 0.717) is 5.69 Å². The number of hydrazine groups is 1. The van der Waals surface area contributed by atoms with Gasteiger partial charge in [-0.05, 0) is 48.5 Å². The molecular weight excluding hydrogens is 430 g/mol. The molecule has 0 aliphatic rings. The van der Waals surface area contributed by atoms with Crippen LogP contribution in [-0.4, -0.2) is 19.9 Å². The third-order valence-corrected chi connectivity index (χ3v) is 5.15. The van der Waals surface area contributed by atoms with Gasteiger partial charge >= 0.3 is 5.69 Å². The number of nitro groups is 1. The summed E-state index contributed by atoms with van der Waals surface area (Å²) in [6, 6.07) is 28.2. The average Bonchev–Trinajstić information content (AvgIpc) is 2.88. The molecule has 2 N–H and O–H groups in total. The highest BCUT2D eigenvalue weighted by Gasteiger charge is 2.25. The van der Waals surface area contributed by atoms with Crippen molar-refractivity contribution in [3.05, 3.63) is 114 Å². The molecule has 9 heteroatoms. The highest BCUT2D eigenvalue weighted by molar-refractivity contribution is 5.93. The second-order valence-electron chi connectivity index (χ2n) is 7.30. The molecule has 9 nitrogen and oxygen atoms in total. The minimum Gasteiger partial charge on any atom is -0.334 e. The first-order valence-electron chi connectivity index (χ1n) is 10.5. The normalized spacial score (nSPS) is 10.6. The summed E-state index contributed by atoms with van der Waals surface area (Å²) in [5.74, 6) is 0.119. The van der Waals surface area contributed by atoms with Crippen molar-refractivity contribution in [3.8, 4) is 0 Å². The van der Waals surface area contributed by atoms with E-state index in [2.05, 4.69) is 25.7 Å². The van der Waals surface area contributed by atoms with E-state index in [1.807, 2.05) is 91.0 Å². The first kappa shape index (κ1) is 20.8. The monoisotopic (exact) mass is 449 g/mol. The highest BCUT2D eigenvalue weighted by atomic mass is 16.6. The summed E-state index contributed by atoms with van der Waals surface area (Å²) >= 11 is 0. The number of para-hydroxylation sites is 2. The van der Waals surface area contributed by atoms with Crippen LogP contribution in [0.5, 0.6) is 0 Å². The van der Waals surface area contributed by atoms with Crippen LogP contribution in [0.4, 0.5) is 34.4 Å². The van der Waals surface area contributed by atoms with Crippen LogP contribution in [0.25, 0.3) is 10.9 Å². The molecule has 0 bridgehead atoms. The van der Waals surface area contributed by atoms with E-state index in [9.17, 15) is 10.1 Å². The summed E-state index contributed by atoms with van der Waals surface area (Å²) < 4.78 is 0. The smallest absolute Gasteiger partial charge is 0.334 e. The van der Waals surface area contributed by atoms with Crippen molar-refractivity contribution in [2.24, 2.45) is 0 Å². The van der Waals surface area contributed by atoms with Gasteiger partial charge in [-0.25, -0.2) is 9.97 Å². The Bertz CT molecular complexity index is 1400. The molecule has 5 aromatic rings. The number of nitrogens with zero attached hydrogens (tertiary/aromatic N) is 5. The molecule has 0 radical (unpaired) electrons. The van der Waals surface area contributed by atoms with Gasteiger partial charge in [-0.1, -0.05) is 42.5 Å². The molecule has 166 valence electrons. The van der Waals surface area contributed by atoms with Gasteiger partial charge in [0.15, 0.2) is 0 Å². The van der Waals surface area contributed by atoms with Gasteiger partial charge in [-0.15, -0.1) is 0 Å². The molecule has 0 atom stereocenters. The SMILES string of the molecule is O=[N+]([O-])c1c(Nc2cccc3ncccc23)ncnc1NN(c1ccccc1)c1ccccc1. The number of rotatable bonds is 7. The third kappa shape index (κ3) is 4.17. The average molecular weight is 449 g/mol. The molecule has 0 aliphatic carbocycles. The predicted octanol–water partition coefficient (Wildman–Crippen LogP) is 5.84. The highest BCUT2D eigenvalue weighted by Crippen LogP contribution is 2.35. The zero-order valence-corrected chi connectivity index (χ0v) is 17.9. The van der Waals surface area contributed by atoms with Crippen molar-refractivity contribution in [3.63, 3.8) is 0 Å². The summed E-state index contributed by atoms with van der Waals surface area (Å²) in [6.07, 6.45) is 2.98. The van der Waals surface area contributed by atoms with Gasteiger partial charge in [0.1, 0.15) is 6.33 Å². The molecule has 0 spiro atoms. The van der Waals surface area contributed by atoms with E-state index in [1.165, 1.54) is 6.33 Å². The van der Waals surface area contributed by atoms with E-state index in [4.69, 9.17) is 0 Å². The van der Waals surface area contributed by atoms with Crippen molar-refractivity contribution in [2.75, 3.05) is 15.8 Å². The van der Waals surface area contributed by atoms with Crippen LogP contribution < -0.4 is 15.8 Å². The number of hydrogen-bond donors (Lipinski definition) is 2. The first-order chi connectivity index (χ1) is 16.7. The zero-order chi connectivity index (χ0) is 23.3. The Balaban J connectivity index is 1.57. The van der Waals surface area contributed by atoms with E-state index >= 15 is 0 Å². The van der Waals surface area contributed by atoms with Gasteiger partial charge in [0, 0.05) is 17.3 Å². The quantitative estimate of drug-likeness (QED) is 0.235. The number of hydrogen-bond acceptors (Lipinski definition) is 8. The summed E-state index contributed by atoms with van der Waals surface area (Å²) in [7, 11) is 0. The fourth-order valence-electron chi connectivity index (χ4n) is 3.60. The molecule has 0 saturated carbocycles. The number of pyridine rings is 1. The lowest BCUT2D eigenvalue weighted by atomic mass is 10.2. The van der Waals surface area contributed by atoms with E-state index < -0.39 is 4.92 Å². The maximum absolute atomic E-state index is 12.2. The van der Waals surface area contributed by atoms with E-state index in [0.717, 1.165) is 22.3 Å². The number of nitrogens with one attached hydrogen (secondary N) is 2. The Morgan fingerprint density at radius 2 is 1.41 bits per heavy atom. The van der Waals surface area contributed by atoms with Crippen molar-refractivity contribution in [1.29, 1.82) is 0 Å². The molecule has 5 rings (SSSR count). The van der Waals surface area contributed by atoms with E-state index in [1.54, 1.807) is 11.2 Å². The van der Waals surface area contributed by atoms with E-state index in [-0.39, 0.29) is 17.3 Å². The number of fused-ring (bicyclic) bond motifs is 1. The molecule has 0 aliphatic heterocycles. The Morgan fingerprint density at radius 1 is 0.735 bits per heavy atom. The molecular formula is C25H19N7O2. The molecule has 0 unspecified atom stereocenters. The van der Waals surface area contributed by atoms with Crippen LogP contribution in [0, 0.1) is 10.1 Å². The lowest BCUT2D eigenvalue weighted by molar-refractivity contribution is -0.383. The van der Waals surface area contributed by atoms with Gasteiger partial charge in [0.2, 0.25) is 11.6 Å².